The largest absolute Gasteiger partial charge is 0.494 e. The minimum Gasteiger partial charge on any atom is -0.494 e. The van der Waals surface area contributed by atoms with Crippen LogP contribution in [0.2, 0.25) is 0 Å². The molecule has 46 heavy (non-hydrogen) atoms. The van der Waals surface area contributed by atoms with Crippen molar-refractivity contribution in [3.63, 3.8) is 0 Å². The third-order valence-corrected chi connectivity index (χ3v) is 8.02. The molecule has 4 rings (SSSR count). The zero-order chi connectivity index (χ0) is 33.3. The first-order valence-electron chi connectivity index (χ1n) is 15.3. The third-order valence-electron chi connectivity index (χ3n) is 7.30. The molecule has 0 aliphatic carbocycles. The number of hydrogen-bond donors (Lipinski definition) is 3. The topological polar surface area (TPSA) is 122 Å². The number of carbonyl (C=O) groups is 2. The van der Waals surface area contributed by atoms with Crippen molar-refractivity contribution in [3.05, 3.63) is 94.0 Å². The molecule has 11 heteroatoms. The second-order valence-corrected chi connectivity index (χ2v) is 13.1. The summed E-state index contributed by atoms with van der Waals surface area (Å²) >= 11 is 3.63. The van der Waals surface area contributed by atoms with Crippen LogP contribution in [0.4, 0.5) is 5.69 Å². The van der Waals surface area contributed by atoms with E-state index >= 15 is 0 Å². The fourth-order valence-electron chi connectivity index (χ4n) is 4.97. The molecule has 3 aromatic rings. The molecule has 1 aliphatic heterocycles. The summed E-state index contributed by atoms with van der Waals surface area (Å²) in [5.74, 6) is 0.0179. The minimum atomic E-state index is -1.52. The van der Waals surface area contributed by atoms with Gasteiger partial charge >= 0.3 is 5.97 Å². The molecule has 0 saturated carbocycles. The lowest BCUT2D eigenvalue weighted by Crippen LogP contribution is -2.52. The Balaban J connectivity index is 1.67. The lowest BCUT2D eigenvalue weighted by molar-refractivity contribution is -0.155. The second kappa shape index (κ2) is 15.6. The maximum absolute atomic E-state index is 14.3. The molecule has 0 bridgehead atoms. The van der Waals surface area contributed by atoms with Crippen LogP contribution in [0, 0.1) is 0 Å². The summed E-state index contributed by atoms with van der Waals surface area (Å²) in [6.45, 7) is 6.22. The van der Waals surface area contributed by atoms with Gasteiger partial charge in [-0.1, -0.05) is 46.3 Å². The Morgan fingerprint density at radius 1 is 1.04 bits per heavy atom. The highest BCUT2D eigenvalue weighted by Gasteiger charge is 2.54. The van der Waals surface area contributed by atoms with E-state index in [9.17, 15) is 9.59 Å². The molecule has 1 aliphatic rings. The molecular formula is C35H43BrN4O6. The van der Waals surface area contributed by atoms with Gasteiger partial charge in [-0.25, -0.2) is 10.4 Å². The lowest BCUT2D eigenvalue weighted by atomic mass is 9.83. The molecule has 3 N–H and O–H groups in total. The molecule has 0 spiro atoms. The lowest BCUT2D eigenvalue weighted by Gasteiger charge is -2.31. The van der Waals surface area contributed by atoms with E-state index in [1.165, 1.54) is 0 Å². The van der Waals surface area contributed by atoms with Crippen LogP contribution in [0.1, 0.15) is 62.8 Å². The van der Waals surface area contributed by atoms with Gasteiger partial charge in [0, 0.05) is 61.4 Å². The van der Waals surface area contributed by atoms with Crippen LogP contribution in [-0.4, -0.2) is 61.3 Å². The first-order valence-corrected chi connectivity index (χ1v) is 16.1. The van der Waals surface area contributed by atoms with Crippen molar-refractivity contribution in [1.29, 1.82) is 0 Å². The SMILES string of the molecule is CN(C)c1ccc(CNNC(=O)[C@@]2(CCC(=O)OC(C)(C)C)N=C(c3ccc(OCCCO)cc3)O[C@H]2c2ccccc2Br)cc1. The molecular weight excluding hydrogens is 652 g/mol. The number of rotatable bonds is 14. The molecule has 0 unspecified atom stereocenters. The van der Waals surface area contributed by atoms with E-state index < -0.39 is 29.1 Å². The molecule has 1 heterocycles. The number of ether oxygens (including phenoxy) is 3. The van der Waals surface area contributed by atoms with E-state index in [1.54, 1.807) is 32.9 Å². The van der Waals surface area contributed by atoms with E-state index in [2.05, 4.69) is 26.8 Å². The normalized spacial score (nSPS) is 17.5. The van der Waals surface area contributed by atoms with Crippen LogP contribution >= 0.6 is 15.9 Å². The summed E-state index contributed by atoms with van der Waals surface area (Å²) in [5.41, 5.74) is 7.11. The van der Waals surface area contributed by atoms with Crippen molar-refractivity contribution in [2.45, 2.75) is 63.8 Å². The molecule has 3 aromatic carbocycles. The van der Waals surface area contributed by atoms with Gasteiger partial charge < -0.3 is 24.2 Å². The Hall–Kier alpha value is -3.93. The van der Waals surface area contributed by atoms with Gasteiger partial charge in [0.25, 0.3) is 5.91 Å². The maximum atomic E-state index is 14.3. The Labute approximate surface area is 279 Å². The van der Waals surface area contributed by atoms with Crippen molar-refractivity contribution < 1.29 is 28.9 Å². The first-order chi connectivity index (χ1) is 21.9. The number of halogens is 1. The molecule has 246 valence electrons. The van der Waals surface area contributed by atoms with Gasteiger partial charge in [0.05, 0.1) is 6.61 Å². The number of esters is 1. The Morgan fingerprint density at radius 3 is 2.37 bits per heavy atom. The number of benzene rings is 3. The molecule has 0 aromatic heterocycles. The quantitative estimate of drug-likeness (QED) is 0.115. The van der Waals surface area contributed by atoms with Crippen LogP contribution < -0.4 is 20.5 Å². The summed E-state index contributed by atoms with van der Waals surface area (Å²) in [7, 11) is 3.96. The van der Waals surface area contributed by atoms with E-state index in [0.717, 1.165) is 15.7 Å². The number of carbonyl (C=O) groups excluding carboxylic acids is 2. The average molecular weight is 696 g/mol. The number of aliphatic imine (C=N–C) groups is 1. The highest BCUT2D eigenvalue weighted by molar-refractivity contribution is 9.10. The molecule has 0 radical (unpaired) electrons. The van der Waals surface area contributed by atoms with E-state index in [1.807, 2.05) is 79.7 Å². The fraction of sp³-hybridized carbons (Fsp3) is 0.400. The van der Waals surface area contributed by atoms with Crippen LogP contribution in [0.5, 0.6) is 5.75 Å². The highest BCUT2D eigenvalue weighted by atomic mass is 79.9. The van der Waals surface area contributed by atoms with Gasteiger partial charge in [-0.05, 0) is 75.2 Å². The zero-order valence-electron chi connectivity index (χ0n) is 27.0. The van der Waals surface area contributed by atoms with Crippen LogP contribution in [0.25, 0.3) is 0 Å². The number of hydrogen-bond acceptors (Lipinski definition) is 9. The number of nitrogens with one attached hydrogen (secondary N) is 2. The number of aliphatic hydroxyl groups is 1. The van der Waals surface area contributed by atoms with Crippen LogP contribution in [0.3, 0.4) is 0 Å². The third kappa shape index (κ3) is 9.08. The smallest absolute Gasteiger partial charge is 0.306 e. The van der Waals surface area contributed by atoms with Crippen molar-refractivity contribution in [1.82, 2.24) is 10.9 Å². The predicted molar refractivity (Wildman–Crippen MR) is 182 cm³/mol. The van der Waals surface area contributed by atoms with Gasteiger partial charge in [0.15, 0.2) is 11.6 Å². The van der Waals surface area contributed by atoms with Crippen molar-refractivity contribution >= 4 is 39.4 Å². The average Bonchev–Trinajstić information content (AvgIpc) is 3.41. The van der Waals surface area contributed by atoms with Gasteiger partial charge in [-0.2, -0.15) is 0 Å². The van der Waals surface area contributed by atoms with Gasteiger partial charge in [-0.15, -0.1) is 0 Å². The number of anilines is 1. The monoisotopic (exact) mass is 694 g/mol. The Bertz CT molecular complexity index is 1500. The summed E-state index contributed by atoms with van der Waals surface area (Å²) in [6, 6.07) is 22.7. The maximum Gasteiger partial charge on any atom is 0.306 e. The summed E-state index contributed by atoms with van der Waals surface area (Å²) in [5, 5.41) is 9.05. The molecule has 1 amide bonds. The Morgan fingerprint density at radius 2 is 1.74 bits per heavy atom. The van der Waals surface area contributed by atoms with E-state index in [4.69, 9.17) is 24.3 Å². The first kappa shape index (κ1) is 34.9. The Kier molecular flexibility index (Phi) is 11.8. The molecule has 10 nitrogen and oxygen atoms in total. The van der Waals surface area contributed by atoms with Crippen molar-refractivity contribution in [2.75, 3.05) is 32.2 Å². The van der Waals surface area contributed by atoms with Crippen molar-refractivity contribution in [2.24, 2.45) is 4.99 Å². The number of aliphatic hydroxyl groups excluding tert-OH is 1. The van der Waals surface area contributed by atoms with Gasteiger partial charge in [0.2, 0.25) is 5.90 Å². The standard InChI is InChI=1S/C35H43BrN4O6/c1-34(2,3)46-30(42)19-20-35(33(43)39-37-23-24-11-15-26(16-12-24)40(4)5)31(28-9-6-7-10-29(28)36)45-32(38-35)25-13-17-27(18-14-25)44-22-8-21-41/h6-7,9-18,31,37,41H,8,19-23H2,1-5H3,(H,39,43)/t31-,35-/m0/s1. The van der Waals surface area contributed by atoms with E-state index in [-0.39, 0.29) is 25.3 Å². The molecule has 0 fully saturated rings. The predicted octanol–water partition coefficient (Wildman–Crippen LogP) is 5.48. The molecule has 0 saturated heterocycles. The van der Waals surface area contributed by atoms with Gasteiger partial charge in [-0.3, -0.25) is 15.0 Å². The summed E-state index contributed by atoms with van der Waals surface area (Å²) in [6.07, 6.45) is -0.363. The van der Waals surface area contributed by atoms with Crippen molar-refractivity contribution in [3.8, 4) is 5.75 Å². The fourth-order valence-corrected chi connectivity index (χ4v) is 5.46. The summed E-state index contributed by atoms with van der Waals surface area (Å²) in [4.78, 5) is 34.2. The van der Waals surface area contributed by atoms with Gasteiger partial charge in [0.1, 0.15) is 11.4 Å². The summed E-state index contributed by atoms with van der Waals surface area (Å²) < 4.78 is 18.5. The number of nitrogens with zero attached hydrogens (tertiary/aromatic N) is 2. The van der Waals surface area contributed by atoms with Crippen LogP contribution in [-0.2, 0) is 25.6 Å². The van der Waals surface area contributed by atoms with Crippen LogP contribution in [0.15, 0.2) is 82.3 Å². The van der Waals surface area contributed by atoms with E-state index in [0.29, 0.717) is 36.4 Å². The number of amides is 1. The second-order valence-electron chi connectivity index (χ2n) is 12.3. The number of hydrazine groups is 1. The zero-order valence-corrected chi connectivity index (χ0v) is 28.6. The highest BCUT2D eigenvalue weighted by Crippen LogP contribution is 2.45. The minimum absolute atomic E-state index is 0.0326. The molecule has 2 atom stereocenters.